The third kappa shape index (κ3) is 1.86. The van der Waals surface area contributed by atoms with E-state index in [0.29, 0.717) is 32.8 Å². The lowest BCUT2D eigenvalue weighted by atomic mass is 9.96. The predicted octanol–water partition coefficient (Wildman–Crippen LogP) is 1.91. The van der Waals surface area contributed by atoms with Crippen LogP contribution in [0.4, 0.5) is 0 Å². The molecule has 1 unspecified atom stereocenters. The van der Waals surface area contributed by atoms with Crippen molar-refractivity contribution >= 4 is 55.4 Å². The zero-order valence-corrected chi connectivity index (χ0v) is 17.5. The molecule has 0 spiro atoms. The molecule has 9 heteroatoms. The van der Waals surface area contributed by atoms with Gasteiger partial charge in [0, 0.05) is 21.5 Å². The van der Waals surface area contributed by atoms with Crippen LogP contribution in [0.15, 0.2) is 48.5 Å². The van der Waals surface area contributed by atoms with Crippen LogP contribution in [0.5, 0.6) is 0 Å². The topological polar surface area (TPSA) is 126 Å². The molecule has 3 aromatic carbocycles. The number of ether oxygens (including phenoxy) is 1. The fourth-order valence-electron chi connectivity index (χ4n) is 6.23. The van der Waals surface area contributed by atoms with Crippen LogP contribution in [-0.4, -0.2) is 54.6 Å². The van der Waals surface area contributed by atoms with Crippen LogP contribution in [0, 0.1) is 0 Å². The number of nitrogens with zero attached hydrogens (tertiary/aromatic N) is 2. The number of amides is 2. The van der Waals surface area contributed by atoms with Gasteiger partial charge >= 0.3 is 0 Å². The number of carbonyl (C=O) groups is 2. The van der Waals surface area contributed by atoms with E-state index in [4.69, 9.17) is 4.74 Å². The number of fused-ring (bicyclic) bond motifs is 13. The van der Waals surface area contributed by atoms with Crippen LogP contribution < -0.4 is 5.32 Å². The molecular formula is C25H17N3O6. The number of nitrogens with one attached hydrogen (secondary N) is 1. The first-order valence-electron chi connectivity index (χ1n) is 11.1. The zero-order chi connectivity index (χ0) is 23.0. The maximum Gasteiger partial charge on any atom is 0.259 e. The largest absolute Gasteiger partial charge is 0.387 e. The molecule has 0 radical (unpaired) electrons. The van der Waals surface area contributed by atoms with Crippen LogP contribution in [-0.2, 0) is 4.74 Å². The molecule has 1 fully saturated rings. The summed E-state index contributed by atoms with van der Waals surface area (Å²) in [5, 5.41) is 37.9. The number of benzene rings is 3. The van der Waals surface area contributed by atoms with Crippen molar-refractivity contribution in [3.05, 3.63) is 59.7 Å². The summed E-state index contributed by atoms with van der Waals surface area (Å²) < 4.78 is 9.88. The van der Waals surface area contributed by atoms with E-state index in [9.17, 15) is 24.9 Å². The number of aliphatic hydroxyl groups is 3. The highest BCUT2D eigenvalue weighted by Crippen LogP contribution is 2.51. The first-order valence-corrected chi connectivity index (χ1v) is 11.1. The Labute approximate surface area is 190 Å². The maximum atomic E-state index is 13.1. The molecule has 5 atom stereocenters. The Morgan fingerprint density at radius 1 is 0.676 bits per heavy atom. The minimum absolute atomic E-state index is 0.289. The Hall–Kier alpha value is -3.76. The van der Waals surface area contributed by atoms with Gasteiger partial charge in [0.05, 0.1) is 33.2 Å². The van der Waals surface area contributed by atoms with Gasteiger partial charge in [-0.25, -0.2) is 0 Å². The van der Waals surface area contributed by atoms with Gasteiger partial charge in [-0.15, -0.1) is 0 Å². The molecular weight excluding hydrogens is 438 g/mol. The Morgan fingerprint density at radius 3 is 1.59 bits per heavy atom. The minimum Gasteiger partial charge on any atom is -0.387 e. The van der Waals surface area contributed by atoms with Gasteiger partial charge in [0.1, 0.15) is 18.3 Å². The first kappa shape index (κ1) is 18.6. The van der Waals surface area contributed by atoms with E-state index in [-0.39, 0.29) is 11.1 Å². The summed E-state index contributed by atoms with van der Waals surface area (Å²) >= 11 is 0. The number of hydrogen-bond donors (Lipinski definition) is 4. The third-order valence-electron chi connectivity index (χ3n) is 7.55. The van der Waals surface area contributed by atoms with Crippen LogP contribution in [0.25, 0.3) is 43.6 Å². The van der Waals surface area contributed by atoms with Gasteiger partial charge in [-0.3, -0.25) is 14.9 Å². The summed E-state index contributed by atoms with van der Waals surface area (Å²) in [4.78, 5) is 26.2. The molecule has 4 N–H and O–H groups in total. The highest BCUT2D eigenvalue weighted by molar-refractivity contribution is 6.39. The molecule has 5 heterocycles. The Kier molecular flexibility index (Phi) is 3.20. The van der Waals surface area contributed by atoms with E-state index in [1.54, 1.807) is 9.13 Å². The maximum absolute atomic E-state index is 13.1. The summed E-state index contributed by atoms with van der Waals surface area (Å²) in [5.74, 6) is -0.953. The molecule has 34 heavy (non-hydrogen) atoms. The second-order valence-corrected chi connectivity index (χ2v) is 9.14. The van der Waals surface area contributed by atoms with Gasteiger partial charge in [0.15, 0.2) is 12.5 Å². The summed E-state index contributed by atoms with van der Waals surface area (Å²) in [6, 6.07) is 14.8. The molecule has 9 nitrogen and oxygen atoms in total. The van der Waals surface area contributed by atoms with Crippen molar-refractivity contribution in [2.75, 3.05) is 0 Å². The molecule has 0 saturated carbocycles. The Balaban J connectivity index is 1.77. The number of rotatable bonds is 0. The standard InChI is InChI=1S/C25H17N3O6/c29-19-20(30)24-27-11-7-3-1-5-9(11)13-15-16(23(33)26-22(15)32)14-10-6-2-4-8-12(10)28(18(14)17(13)27)25(34-24)21(19)31/h1-8,19-21,24-25,29-31H,(H,26,32,33)/t19?,20-,21-,24-,25+/m1/s1. The first-order chi connectivity index (χ1) is 16.5. The van der Waals surface area contributed by atoms with Gasteiger partial charge in [-0.05, 0) is 12.1 Å². The van der Waals surface area contributed by atoms with E-state index in [0.717, 1.165) is 10.8 Å². The van der Waals surface area contributed by atoms with Gasteiger partial charge in [0.2, 0.25) is 0 Å². The fourth-order valence-corrected chi connectivity index (χ4v) is 6.23. The van der Waals surface area contributed by atoms with Gasteiger partial charge in [0.25, 0.3) is 11.8 Å². The summed E-state index contributed by atoms with van der Waals surface area (Å²) in [6.07, 6.45) is -6.35. The lowest BCUT2D eigenvalue weighted by Gasteiger charge is -2.40. The predicted molar refractivity (Wildman–Crippen MR) is 121 cm³/mol. The molecule has 8 rings (SSSR count). The van der Waals surface area contributed by atoms with Crippen LogP contribution in [0.2, 0.25) is 0 Å². The van der Waals surface area contributed by atoms with Crippen LogP contribution in [0.1, 0.15) is 33.2 Å². The smallest absolute Gasteiger partial charge is 0.259 e. The Morgan fingerprint density at radius 2 is 1.12 bits per heavy atom. The van der Waals surface area contributed by atoms with Crippen LogP contribution in [0.3, 0.4) is 0 Å². The van der Waals surface area contributed by atoms with Gasteiger partial charge < -0.3 is 29.2 Å². The second-order valence-electron chi connectivity index (χ2n) is 9.14. The normalized spacial score (nSPS) is 27.8. The molecule has 2 amide bonds. The quantitative estimate of drug-likeness (QED) is 0.264. The van der Waals surface area contributed by atoms with Crippen LogP contribution >= 0.6 is 0 Å². The lowest BCUT2D eigenvalue weighted by Crippen LogP contribution is -2.52. The van der Waals surface area contributed by atoms with E-state index < -0.39 is 42.6 Å². The monoisotopic (exact) mass is 455 g/mol. The second kappa shape index (κ2) is 5.83. The molecule has 2 bridgehead atoms. The number of aliphatic hydroxyl groups excluding tert-OH is 3. The van der Waals surface area contributed by atoms with E-state index in [1.807, 2.05) is 48.5 Å². The molecule has 0 aliphatic carbocycles. The number of aromatic nitrogens is 2. The number of carbonyl (C=O) groups excluding carboxylic acids is 2. The minimum atomic E-state index is -1.47. The highest BCUT2D eigenvalue weighted by Gasteiger charge is 2.50. The molecule has 168 valence electrons. The van der Waals surface area contributed by atoms with Gasteiger partial charge in [-0.2, -0.15) is 0 Å². The average Bonchev–Trinajstić information content (AvgIpc) is 3.42. The van der Waals surface area contributed by atoms with Crippen molar-refractivity contribution < 1.29 is 29.6 Å². The molecule has 1 saturated heterocycles. The average molecular weight is 455 g/mol. The Bertz CT molecular complexity index is 1660. The summed E-state index contributed by atoms with van der Waals surface area (Å²) in [6.45, 7) is 0. The lowest BCUT2D eigenvalue weighted by molar-refractivity contribution is -0.261. The van der Waals surface area contributed by atoms with Crippen molar-refractivity contribution in [2.45, 2.75) is 30.8 Å². The highest BCUT2D eigenvalue weighted by atomic mass is 16.6. The zero-order valence-electron chi connectivity index (χ0n) is 17.5. The van der Waals surface area contributed by atoms with Crippen molar-refractivity contribution in [1.29, 1.82) is 0 Å². The van der Waals surface area contributed by atoms with Crippen molar-refractivity contribution in [1.82, 2.24) is 14.5 Å². The van der Waals surface area contributed by atoms with E-state index >= 15 is 0 Å². The van der Waals surface area contributed by atoms with Crippen molar-refractivity contribution in [2.24, 2.45) is 0 Å². The number of hydrogen-bond acceptors (Lipinski definition) is 6. The molecule has 2 aromatic heterocycles. The SMILES string of the molecule is O=C1NC(=O)c2c1c1c3ccccc3n3c1c1c2c2ccccc2n1[C@H]1O[C@@H]3[C@H](O)C(O)[C@H]1O. The molecule has 3 aliphatic rings. The van der Waals surface area contributed by atoms with Crippen molar-refractivity contribution in [3.63, 3.8) is 0 Å². The van der Waals surface area contributed by atoms with E-state index in [1.165, 1.54) is 0 Å². The number of imide groups is 1. The molecule has 3 aliphatic heterocycles. The molecule has 5 aromatic rings. The van der Waals surface area contributed by atoms with Gasteiger partial charge in [-0.1, -0.05) is 36.4 Å². The summed E-state index contributed by atoms with van der Waals surface area (Å²) in [7, 11) is 0. The third-order valence-corrected chi connectivity index (χ3v) is 7.55. The summed E-state index contributed by atoms with van der Waals surface area (Å²) in [5.41, 5.74) is 3.18. The fraction of sp³-hybridized carbons (Fsp3) is 0.200. The van der Waals surface area contributed by atoms with Crippen molar-refractivity contribution in [3.8, 4) is 0 Å². The number of para-hydroxylation sites is 2. The van der Waals surface area contributed by atoms with E-state index in [2.05, 4.69) is 5.32 Å².